The predicted octanol–water partition coefficient (Wildman–Crippen LogP) is 0.0333. The number of anilines is 1. The maximum Gasteiger partial charge on any atom is 0.234 e. The van der Waals surface area contributed by atoms with Crippen LogP contribution in [0.1, 0.15) is 12.6 Å². The summed E-state index contributed by atoms with van der Waals surface area (Å²) in [5.74, 6) is -0.0724. The van der Waals surface area contributed by atoms with Crippen LogP contribution in [0.15, 0.2) is 5.38 Å². The van der Waals surface area contributed by atoms with E-state index in [0.29, 0.717) is 24.8 Å². The van der Waals surface area contributed by atoms with Crippen LogP contribution in [0, 0.1) is 0 Å². The average molecular weight is 254 g/mol. The Morgan fingerprint density at radius 3 is 3.24 bits per heavy atom. The molecule has 0 aromatic carbocycles. The van der Waals surface area contributed by atoms with E-state index in [1.165, 1.54) is 18.3 Å². The Morgan fingerprint density at radius 1 is 1.71 bits per heavy atom. The van der Waals surface area contributed by atoms with E-state index in [1.54, 1.807) is 0 Å². The van der Waals surface area contributed by atoms with Crippen molar-refractivity contribution in [3.8, 4) is 0 Å². The zero-order valence-corrected chi connectivity index (χ0v) is 10.3. The van der Waals surface area contributed by atoms with Crippen molar-refractivity contribution in [2.45, 2.75) is 13.5 Å². The normalized spacial score (nSPS) is 16.6. The maximum absolute atomic E-state index is 11.2. The van der Waals surface area contributed by atoms with Gasteiger partial charge in [0.15, 0.2) is 5.13 Å². The lowest BCUT2D eigenvalue weighted by atomic mass is 10.3. The van der Waals surface area contributed by atoms with Crippen LogP contribution in [0.3, 0.4) is 0 Å². The van der Waals surface area contributed by atoms with E-state index in [9.17, 15) is 9.59 Å². The quantitative estimate of drug-likeness (QED) is 0.798. The number of thiazole rings is 1. The lowest BCUT2D eigenvalue weighted by molar-refractivity contribution is -0.124. The number of nitrogens with zero attached hydrogens (tertiary/aromatic N) is 2. The topological polar surface area (TPSA) is 74.3 Å². The third-order valence-corrected chi connectivity index (χ3v) is 3.14. The lowest BCUT2D eigenvalue weighted by Gasteiger charge is -2.25. The Morgan fingerprint density at radius 2 is 2.53 bits per heavy atom. The fourth-order valence-electron chi connectivity index (χ4n) is 1.64. The smallest absolute Gasteiger partial charge is 0.234 e. The third-order valence-electron chi connectivity index (χ3n) is 2.34. The van der Waals surface area contributed by atoms with Crippen LogP contribution < -0.4 is 10.6 Å². The first-order chi connectivity index (χ1) is 8.13. The maximum atomic E-state index is 11.2. The molecule has 2 rings (SSSR count). The molecule has 0 bridgehead atoms. The van der Waals surface area contributed by atoms with Crippen LogP contribution >= 0.6 is 11.3 Å². The van der Waals surface area contributed by atoms with Crippen molar-refractivity contribution in [3.05, 3.63) is 11.1 Å². The highest BCUT2D eigenvalue weighted by Crippen LogP contribution is 2.16. The van der Waals surface area contributed by atoms with Gasteiger partial charge in [0.1, 0.15) is 0 Å². The third kappa shape index (κ3) is 3.50. The molecule has 92 valence electrons. The molecule has 1 fully saturated rings. The molecule has 6 nitrogen and oxygen atoms in total. The van der Waals surface area contributed by atoms with E-state index in [-0.39, 0.29) is 11.8 Å². The summed E-state index contributed by atoms with van der Waals surface area (Å²) >= 11 is 1.40. The second-order valence-electron chi connectivity index (χ2n) is 3.89. The first kappa shape index (κ1) is 12.0. The first-order valence-electron chi connectivity index (χ1n) is 5.34. The second kappa shape index (κ2) is 5.24. The summed E-state index contributed by atoms with van der Waals surface area (Å²) in [7, 11) is 0. The highest BCUT2D eigenvalue weighted by atomic mass is 32.1. The summed E-state index contributed by atoms with van der Waals surface area (Å²) in [4.78, 5) is 28.4. The van der Waals surface area contributed by atoms with E-state index in [0.717, 1.165) is 12.2 Å². The van der Waals surface area contributed by atoms with E-state index in [2.05, 4.69) is 15.6 Å². The van der Waals surface area contributed by atoms with Gasteiger partial charge in [-0.3, -0.25) is 14.5 Å². The fraction of sp³-hybridized carbons (Fsp3) is 0.500. The Hall–Kier alpha value is -1.47. The average Bonchev–Trinajstić information content (AvgIpc) is 2.64. The van der Waals surface area contributed by atoms with Gasteiger partial charge in [0.05, 0.1) is 12.2 Å². The number of carbonyl (C=O) groups excluding carboxylic acids is 2. The molecule has 1 aliphatic rings. The van der Waals surface area contributed by atoms with Gasteiger partial charge in [-0.05, 0) is 0 Å². The molecule has 0 atom stereocenters. The van der Waals surface area contributed by atoms with Crippen molar-refractivity contribution in [1.29, 1.82) is 0 Å². The number of hydrogen-bond acceptors (Lipinski definition) is 5. The minimum Gasteiger partial charge on any atom is -0.354 e. The largest absolute Gasteiger partial charge is 0.354 e. The van der Waals surface area contributed by atoms with Gasteiger partial charge in [-0.2, -0.15) is 0 Å². The molecule has 1 aromatic heterocycles. The molecule has 7 heteroatoms. The van der Waals surface area contributed by atoms with Crippen LogP contribution in [0.25, 0.3) is 0 Å². The number of carbonyl (C=O) groups is 2. The zero-order chi connectivity index (χ0) is 12.3. The molecule has 2 N–H and O–H groups in total. The molecule has 1 aromatic rings. The molecular formula is C10H14N4O2S. The molecule has 0 spiro atoms. The number of rotatable bonds is 3. The second-order valence-corrected chi connectivity index (χ2v) is 4.74. The Balaban J connectivity index is 1.92. The van der Waals surface area contributed by atoms with Gasteiger partial charge >= 0.3 is 0 Å². The van der Waals surface area contributed by atoms with E-state index >= 15 is 0 Å². The van der Waals surface area contributed by atoms with Crippen LogP contribution in [0.4, 0.5) is 5.13 Å². The van der Waals surface area contributed by atoms with E-state index in [4.69, 9.17) is 0 Å². The standard InChI is InChI=1S/C10H14N4O2S/c1-7(15)12-10-13-8(6-17-10)4-14-3-2-11-9(16)5-14/h6H,2-5H2,1H3,(H,11,16)(H,12,13,15). The summed E-state index contributed by atoms with van der Waals surface area (Å²) < 4.78 is 0. The number of piperazine rings is 1. The number of amides is 2. The summed E-state index contributed by atoms with van der Waals surface area (Å²) in [6.45, 7) is 4.02. The predicted molar refractivity (Wildman–Crippen MR) is 64.7 cm³/mol. The Kier molecular flexibility index (Phi) is 3.70. The summed E-state index contributed by atoms with van der Waals surface area (Å²) in [5, 5.41) is 7.92. The highest BCUT2D eigenvalue weighted by molar-refractivity contribution is 7.13. The first-order valence-corrected chi connectivity index (χ1v) is 6.22. The Labute approximate surface area is 103 Å². The monoisotopic (exact) mass is 254 g/mol. The van der Waals surface area contributed by atoms with Gasteiger partial charge in [0.2, 0.25) is 11.8 Å². The van der Waals surface area contributed by atoms with Crippen molar-refractivity contribution in [1.82, 2.24) is 15.2 Å². The van der Waals surface area contributed by atoms with Crippen LogP contribution in [-0.4, -0.2) is 41.3 Å². The molecule has 0 saturated carbocycles. The van der Waals surface area contributed by atoms with Crippen LogP contribution in [-0.2, 0) is 16.1 Å². The van der Waals surface area contributed by atoms with Crippen molar-refractivity contribution in [3.63, 3.8) is 0 Å². The van der Waals surface area contributed by atoms with Crippen LogP contribution in [0.5, 0.6) is 0 Å². The molecule has 2 heterocycles. The van der Waals surface area contributed by atoms with Gasteiger partial charge in [-0.1, -0.05) is 0 Å². The summed E-state index contributed by atoms with van der Waals surface area (Å²) in [6.07, 6.45) is 0. The van der Waals surface area contributed by atoms with Gasteiger partial charge in [0.25, 0.3) is 0 Å². The lowest BCUT2D eigenvalue weighted by Crippen LogP contribution is -2.47. The zero-order valence-electron chi connectivity index (χ0n) is 9.52. The minimum atomic E-state index is -0.122. The van der Waals surface area contributed by atoms with Crippen LogP contribution in [0.2, 0.25) is 0 Å². The molecule has 0 radical (unpaired) electrons. The van der Waals surface area contributed by atoms with Crippen molar-refractivity contribution >= 4 is 28.3 Å². The fourth-order valence-corrected chi connectivity index (χ4v) is 2.39. The van der Waals surface area contributed by atoms with Gasteiger partial charge in [-0.15, -0.1) is 11.3 Å². The van der Waals surface area contributed by atoms with Gasteiger partial charge in [0, 0.05) is 31.9 Å². The molecule has 1 saturated heterocycles. The number of hydrogen-bond donors (Lipinski definition) is 2. The molecule has 0 unspecified atom stereocenters. The van der Waals surface area contributed by atoms with Crippen molar-refractivity contribution in [2.24, 2.45) is 0 Å². The number of aromatic nitrogens is 1. The van der Waals surface area contributed by atoms with Crippen molar-refractivity contribution in [2.75, 3.05) is 25.0 Å². The minimum absolute atomic E-state index is 0.0496. The molecule has 1 aliphatic heterocycles. The molecular weight excluding hydrogens is 240 g/mol. The van der Waals surface area contributed by atoms with E-state index in [1.807, 2.05) is 10.3 Å². The van der Waals surface area contributed by atoms with E-state index < -0.39 is 0 Å². The van der Waals surface area contributed by atoms with Gasteiger partial charge < -0.3 is 10.6 Å². The highest BCUT2D eigenvalue weighted by Gasteiger charge is 2.17. The van der Waals surface area contributed by atoms with Crippen molar-refractivity contribution < 1.29 is 9.59 Å². The summed E-state index contributed by atoms with van der Waals surface area (Å²) in [5.41, 5.74) is 0.883. The molecule has 17 heavy (non-hydrogen) atoms. The van der Waals surface area contributed by atoms with Gasteiger partial charge in [-0.25, -0.2) is 4.98 Å². The number of nitrogens with one attached hydrogen (secondary N) is 2. The molecule has 2 amide bonds. The molecule has 0 aliphatic carbocycles. The Bertz CT molecular complexity index is 432. The summed E-state index contributed by atoms with van der Waals surface area (Å²) in [6, 6.07) is 0. The SMILES string of the molecule is CC(=O)Nc1nc(CN2CCNC(=O)C2)cs1.